The van der Waals surface area contributed by atoms with Gasteiger partial charge in [-0.1, -0.05) is 23.1 Å². The Bertz CT molecular complexity index is 227. The summed E-state index contributed by atoms with van der Waals surface area (Å²) in [4.78, 5) is 0. The Balaban J connectivity index is 2.58. The first-order valence-electron chi connectivity index (χ1n) is 2.54. The standard InChI is InChI=1S/C4H4F2N2S3/c1-9-3-7-8-4(11-3)10-2(5)6/h2H,1H3. The third-order valence-corrected chi connectivity index (χ3v) is 3.45. The van der Waals surface area contributed by atoms with Crippen molar-refractivity contribution in [3.63, 3.8) is 0 Å². The molecule has 0 amide bonds. The van der Waals surface area contributed by atoms with E-state index < -0.39 is 5.76 Å². The van der Waals surface area contributed by atoms with Gasteiger partial charge in [-0.05, 0) is 18.0 Å². The molecule has 0 radical (unpaired) electrons. The van der Waals surface area contributed by atoms with E-state index in [1.807, 2.05) is 6.26 Å². The Morgan fingerprint density at radius 3 is 2.45 bits per heavy atom. The monoisotopic (exact) mass is 214 g/mol. The van der Waals surface area contributed by atoms with E-state index in [4.69, 9.17) is 0 Å². The molecule has 7 heteroatoms. The van der Waals surface area contributed by atoms with Crippen molar-refractivity contribution in [2.24, 2.45) is 0 Å². The third kappa shape index (κ3) is 2.92. The zero-order chi connectivity index (χ0) is 8.27. The number of rotatable bonds is 3. The molecule has 11 heavy (non-hydrogen) atoms. The van der Waals surface area contributed by atoms with Crippen LogP contribution in [0.4, 0.5) is 8.78 Å². The van der Waals surface area contributed by atoms with Crippen LogP contribution in [0.3, 0.4) is 0 Å². The van der Waals surface area contributed by atoms with Crippen molar-refractivity contribution in [1.29, 1.82) is 0 Å². The molecule has 1 aromatic heterocycles. The summed E-state index contributed by atoms with van der Waals surface area (Å²) in [6.45, 7) is 0. The molecule has 0 aliphatic heterocycles. The lowest BCUT2D eigenvalue weighted by Gasteiger charge is -1.89. The largest absolute Gasteiger partial charge is 0.291 e. The van der Waals surface area contributed by atoms with Crippen LogP contribution in [0.15, 0.2) is 8.68 Å². The van der Waals surface area contributed by atoms with E-state index in [9.17, 15) is 8.78 Å². The first-order chi connectivity index (χ1) is 5.22. The highest BCUT2D eigenvalue weighted by molar-refractivity contribution is 8.03. The van der Waals surface area contributed by atoms with Crippen LogP contribution < -0.4 is 0 Å². The van der Waals surface area contributed by atoms with Gasteiger partial charge >= 0.3 is 0 Å². The molecule has 0 saturated heterocycles. The first kappa shape index (κ1) is 9.21. The predicted octanol–water partition coefficient (Wildman–Crippen LogP) is 2.57. The lowest BCUT2D eigenvalue weighted by Crippen LogP contribution is -1.79. The number of halogens is 2. The second-order valence-corrected chi connectivity index (χ2v) is 4.68. The fraction of sp³-hybridized carbons (Fsp3) is 0.500. The van der Waals surface area contributed by atoms with Crippen molar-refractivity contribution in [2.75, 3.05) is 6.26 Å². The number of nitrogens with zero attached hydrogens (tertiary/aromatic N) is 2. The van der Waals surface area contributed by atoms with E-state index in [1.54, 1.807) is 0 Å². The van der Waals surface area contributed by atoms with E-state index >= 15 is 0 Å². The highest BCUT2D eigenvalue weighted by Gasteiger charge is 2.09. The van der Waals surface area contributed by atoms with Gasteiger partial charge in [-0.2, -0.15) is 8.78 Å². The molecule has 0 bridgehead atoms. The molecule has 0 aliphatic carbocycles. The van der Waals surface area contributed by atoms with Crippen molar-refractivity contribution in [1.82, 2.24) is 10.2 Å². The van der Waals surface area contributed by atoms with Gasteiger partial charge in [0.1, 0.15) is 0 Å². The van der Waals surface area contributed by atoms with E-state index in [0.717, 1.165) is 0 Å². The van der Waals surface area contributed by atoms with Gasteiger partial charge in [-0.25, -0.2) is 0 Å². The van der Waals surface area contributed by atoms with Crippen LogP contribution >= 0.6 is 34.9 Å². The SMILES string of the molecule is CSc1nnc(SC(F)F)s1. The summed E-state index contributed by atoms with van der Waals surface area (Å²) < 4.78 is 24.5. The summed E-state index contributed by atoms with van der Waals surface area (Å²) in [7, 11) is 0. The zero-order valence-corrected chi connectivity index (χ0v) is 7.90. The summed E-state index contributed by atoms with van der Waals surface area (Å²) in [6, 6.07) is 0. The van der Waals surface area contributed by atoms with Crippen LogP contribution in [-0.4, -0.2) is 22.2 Å². The highest BCUT2D eigenvalue weighted by atomic mass is 32.2. The minimum absolute atomic E-state index is 0.323. The zero-order valence-electron chi connectivity index (χ0n) is 5.45. The maximum atomic E-state index is 11.7. The van der Waals surface area contributed by atoms with Gasteiger partial charge in [0.25, 0.3) is 5.76 Å². The number of hydrogen-bond donors (Lipinski definition) is 0. The highest BCUT2D eigenvalue weighted by Crippen LogP contribution is 2.30. The molecule has 0 spiro atoms. The number of thioether (sulfide) groups is 2. The molecule has 0 aromatic carbocycles. The van der Waals surface area contributed by atoms with Gasteiger partial charge in [0.15, 0.2) is 8.68 Å². The van der Waals surface area contributed by atoms with E-state index in [0.29, 0.717) is 20.4 Å². The molecule has 62 valence electrons. The van der Waals surface area contributed by atoms with Gasteiger partial charge in [-0.15, -0.1) is 10.2 Å². The van der Waals surface area contributed by atoms with Gasteiger partial charge in [0, 0.05) is 0 Å². The minimum Gasteiger partial charge on any atom is -0.197 e. The lowest BCUT2D eigenvalue weighted by atomic mass is 11.5. The maximum absolute atomic E-state index is 11.7. The van der Waals surface area contributed by atoms with Gasteiger partial charge in [0.05, 0.1) is 0 Å². The summed E-state index contributed by atoms with van der Waals surface area (Å²) in [5.74, 6) is -2.40. The predicted molar refractivity (Wildman–Crippen MR) is 43.6 cm³/mol. The third-order valence-electron chi connectivity index (χ3n) is 0.752. The second kappa shape index (κ2) is 4.22. The van der Waals surface area contributed by atoms with Crippen molar-refractivity contribution in [2.45, 2.75) is 14.4 Å². The molecular weight excluding hydrogens is 210 g/mol. The van der Waals surface area contributed by atoms with Gasteiger partial charge in [-0.3, -0.25) is 0 Å². The van der Waals surface area contributed by atoms with Crippen LogP contribution in [0.5, 0.6) is 0 Å². The van der Waals surface area contributed by atoms with Crippen molar-refractivity contribution < 1.29 is 8.78 Å². The van der Waals surface area contributed by atoms with Crippen LogP contribution in [-0.2, 0) is 0 Å². The van der Waals surface area contributed by atoms with Crippen LogP contribution in [0.1, 0.15) is 0 Å². The fourth-order valence-electron chi connectivity index (χ4n) is 0.403. The average Bonchev–Trinajstić information content (AvgIpc) is 2.34. The fourth-order valence-corrected chi connectivity index (χ4v) is 2.45. The van der Waals surface area contributed by atoms with E-state index in [1.165, 1.54) is 23.1 Å². The average molecular weight is 214 g/mol. The smallest absolute Gasteiger partial charge is 0.197 e. The Kier molecular flexibility index (Phi) is 3.53. The molecule has 0 saturated carbocycles. The van der Waals surface area contributed by atoms with E-state index in [2.05, 4.69) is 10.2 Å². The molecule has 1 heterocycles. The van der Waals surface area contributed by atoms with Gasteiger partial charge < -0.3 is 0 Å². The summed E-state index contributed by atoms with van der Waals surface area (Å²) in [6.07, 6.45) is 1.83. The number of hydrogen-bond acceptors (Lipinski definition) is 5. The molecular formula is C4H4F2N2S3. The molecule has 0 aliphatic rings. The minimum atomic E-state index is -2.40. The Morgan fingerprint density at radius 2 is 2.00 bits per heavy atom. The molecule has 1 rings (SSSR count). The van der Waals surface area contributed by atoms with Crippen LogP contribution in [0.2, 0.25) is 0 Å². The molecule has 1 aromatic rings. The van der Waals surface area contributed by atoms with Gasteiger partial charge in [0.2, 0.25) is 0 Å². The van der Waals surface area contributed by atoms with Crippen molar-refractivity contribution in [3.05, 3.63) is 0 Å². The number of aromatic nitrogens is 2. The second-order valence-electron chi connectivity index (χ2n) is 1.42. The van der Waals surface area contributed by atoms with E-state index in [-0.39, 0.29) is 0 Å². The lowest BCUT2D eigenvalue weighted by molar-refractivity contribution is 0.252. The molecule has 0 N–H and O–H groups in total. The molecule has 0 atom stereocenters. The van der Waals surface area contributed by atoms with Crippen molar-refractivity contribution >= 4 is 34.9 Å². The van der Waals surface area contributed by atoms with Crippen LogP contribution in [0.25, 0.3) is 0 Å². The molecule has 2 nitrogen and oxygen atoms in total. The maximum Gasteiger partial charge on any atom is 0.291 e. The number of alkyl halides is 2. The first-order valence-corrected chi connectivity index (χ1v) is 5.46. The Morgan fingerprint density at radius 1 is 1.36 bits per heavy atom. The Labute approximate surface area is 74.8 Å². The Hall–Kier alpha value is 0.120. The summed E-state index contributed by atoms with van der Waals surface area (Å²) >= 11 is 3.02. The molecule has 0 unspecified atom stereocenters. The quantitative estimate of drug-likeness (QED) is 0.722. The summed E-state index contributed by atoms with van der Waals surface area (Å²) in [5, 5.41) is 7.22. The summed E-state index contributed by atoms with van der Waals surface area (Å²) in [5.41, 5.74) is 0. The van der Waals surface area contributed by atoms with Crippen LogP contribution in [0, 0.1) is 0 Å². The topological polar surface area (TPSA) is 25.8 Å². The molecule has 0 fully saturated rings. The van der Waals surface area contributed by atoms with Crippen molar-refractivity contribution in [3.8, 4) is 0 Å². The normalized spacial score (nSPS) is 10.9.